The van der Waals surface area contributed by atoms with Crippen molar-refractivity contribution < 1.29 is 0 Å². The van der Waals surface area contributed by atoms with E-state index in [2.05, 4.69) is 27.1 Å². The minimum atomic E-state index is -0.287. The molecule has 1 N–H and O–H groups in total. The van der Waals surface area contributed by atoms with Gasteiger partial charge in [-0.3, -0.25) is 0 Å². The van der Waals surface area contributed by atoms with Crippen LogP contribution in [0.5, 0.6) is 0 Å². The Morgan fingerprint density at radius 2 is 2.28 bits per heavy atom. The Kier molecular flexibility index (Phi) is 2.71. The Morgan fingerprint density at radius 1 is 1.39 bits per heavy atom. The number of nitrogens with one attached hydrogen (secondary N) is 1. The zero-order chi connectivity index (χ0) is 12.5. The van der Waals surface area contributed by atoms with Gasteiger partial charge >= 0.3 is 5.69 Å². The van der Waals surface area contributed by atoms with E-state index in [4.69, 9.17) is 0 Å². The maximum atomic E-state index is 11.7. The van der Waals surface area contributed by atoms with Crippen molar-refractivity contribution in [1.29, 1.82) is 0 Å². The summed E-state index contributed by atoms with van der Waals surface area (Å²) in [4.78, 5) is 21.7. The molecule has 6 heteroatoms. The molecule has 18 heavy (non-hydrogen) atoms. The van der Waals surface area contributed by atoms with E-state index in [1.54, 1.807) is 0 Å². The van der Waals surface area contributed by atoms with Gasteiger partial charge in [-0.15, -0.1) is 0 Å². The smallest absolute Gasteiger partial charge is 0.354 e. The van der Waals surface area contributed by atoms with Gasteiger partial charge in [0, 0.05) is 31.9 Å². The van der Waals surface area contributed by atoms with E-state index in [1.807, 2.05) is 18.3 Å². The number of hydrogen-bond donors (Lipinski definition) is 1. The maximum absolute atomic E-state index is 11.7. The van der Waals surface area contributed by atoms with Gasteiger partial charge in [0.05, 0.1) is 5.69 Å². The summed E-state index contributed by atoms with van der Waals surface area (Å²) in [6.07, 6.45) is 3.11. The third-order valence-corrected chi connectivity index (χ3v) is 3.21. The van der Waals surface area contributed by atoms with E-state index in [0.29, 0.717) is 11.7 Å². The molecule has 6 nitrogen and oxygen atoms in total. The van der Waals surface area contributed by atoms with Crippen LogP contribution < -0.4 is 15.9 Å². The van der Waals surface area contributed by atoms with Crippen LogP contribution >= 0.6 is 0 Å². The normalized spacial score (nSPS) is 20.3. The van der Waals surface area contributed by atoms with Crippen LogP contribution in [-0.2, 0) is 0 Å². The van der Waals surface area contributed by atoms with Crippen molar-refractivity contribution in [3.63, 3.8) is 0 Å². The number of aromatic nitrogens is 3. The second kappa shape index (κ2) is 4.38. The predicted octanol–water partition coefficient (Wildman–Crippen LogP) is -0.112. The third-order valence-electron chi connectivity index (χ3n) is 3.21. The number of nitrogens with zero attached hydrogens (tertiary/aromatic N) is 4. The zero-order valence-electron chi connectivity index (χ0n) is 10.2. The first-order valence-electron chi connectivity index (χ1n) is 6.06. The fourth-order valence-corrected chi connectivity index (χ4v) is 2.29. The number of fused-ring (bicyclic) bond motifs is 1. The summed E-state index contributed by atoms with van der Waals surface area (Å²) in [5, 5.41) is 3.40. The molecule has 1 saturated heterocycles. The Hall–Kier alpha value is -1.95. The Bertz CT molecular complexity index is 623. The fourth-order valence-electron chi connectivity index (χ4n) is 2.29. The second-order valence-corrected chi connectivity index (χ2v) is 4.57. The first-order valence-corrected chi connectivity index (χ1v) is 6.06. The van der Waals surface area contributed by atoms with Crippen molar-refractivity contribution in [2.75, 3.05) is 24.5 Å². The summed E-state index contributed by atoms with van der Waals surface area (Å²) in [7, 11) is 0. The number of anilines is 1. The highest BCUT2D eigenvalue weighted by Crippen LogP contribution is 2.15. The summed E-state index contributed by atoms with van der Waals surface area (Å²) in [6, 6.07) is 4.31. The quantitative estimate of drug-likeness (QED) is 0.759. The summed E-state index contributed by atoms with van der Waals surface area (Å²) in [6.45, 7) is 4.99. The van der Waals surface area contributed by atoms with Crippen molar-refractivity contribution >= 4 is 11.3 Å². The van der Waals surface area contributed by atoms with Gasteiger partial charge in [0.2, 0.25) is 0 Å². The first-order chi connectivity index (χ1) is 8.74. The van der Waals surface area contributed by atoms with E-state index in [9.17, 15) is 4.79 Å². The van der Waals surface area contributed by atoms with Gasteiger partial charge in [-0.05, 0) is 19.1 Å². The molecule has 1 atom stereocenters. The number of pyridine rings is 1. The topological polar surface area (TPSA) is 62.5 Å². The number of piperazine rings is 1. The van der Waals surface area contributed by atoms with Crippen molar-refractivity contribution in [2.45, 2.75) is 13.0 Å². The highest BCUT2D eigenvalue weighted by atomic mass is 16.1. The van der Waals surface area contributed by atoms with E-state index in [-0.39, 0.29) is 5.69 Å². The molecule has 1 aliphatic rings. The second-order valence-electron chi connectivity index (χ2n) is 4.57. The average molecular weight is 245 g/mol. The number of rotatable bonds is 1. The van der Waals surface area contributed by atoms with Crippen LogP contribution in [0.4, 0.5) is 5.69 Å². The van der Waals surface area contributed by atoms with Crippen LogP contribution in [0.15, 0.2) is 29.5 Å². The van der Waals surface area contributed by atoms with Crippen LogP contribution in [0.25, 0.3) is 5.65 Å². The molecule has 1 fully saturated rings. The highest BCUT2D eigenvalue weighted by Gasteiger charge is 2.16. The number of hydrogen-bond acceptors (Lipinski definition) is 5. The Morgan fingerprint density at radius 3 is 3.11 bits per heavy atom. The molecule has 94 valence electrons. The van der Waals surface area contributed by atoms with E-state index < -0.39 is 0 Å². The summed E-state index contributed by atoms with van der Waals surface area (Å²) in [5.74, 6) is 0. The third kappa shape index (κ3) is 1.95. The van der Waals surface area contributed by atoms with Gasteiger partial charge in [-0.25, -0.2) is 14.2 Å². The first kappa shape index (κ1) is 11.2. The zero-order valence-corrected chi connectivity index (χ0v) is 10.2. The fraction of sp³-hybridized carbons (Fsp3) is 0.417. The summed E-state index contributed by atoms with van der Waals surface area (Å²) >= 11 is 0. The molecule has 0 bridgehead atoms. The summed E-state index contributed by atoms with van der Waals surface area (Å²) < 4.78 is 1.49. The van der Waals surface area contributed by atoms with E-state index in [1.165, 1.54) is 10.7 Å². The minimum absolute atomic E-state index is 0.287. The monoisotopic (exact) mass is 245 g/mol. The Labute approximate surface area is 104 Å². The molecule has 1 aliphatic heterocycles. The molecule has 2 aromatic heterocycles. The predicted molar refractivity (Wildman–Crippen MR) is 68.9 cm³/mol. The molecule has 0 radical (unpaired) electrons. The van der Waals surface area contributed by atoms with Crippen LogP contribution in [0.2, 0.25) is 0 Å². The van der Waals surface area contributed by atoms with Gasteiger partial charge < -0.3 is 10.2 Å². The van der Waals surface area contributed by atoms with Crippen LogP contribution in [0.3, 0.4) is 0 Å². The lowest BCUT2D eigenvalue weighted by molar-refractivity contribution is 0.484. The van der Waals surface area contributed by atoms with Gasteiger partial charge in [0.25, 0.3) is 0 Å². The molecule has 0 saturated carbocycles. The molecule has 1 unspecified atom stereocenters. The highest BCUT2D eigenvalue weighted by molar-refractivity contribution is 5.51. The van der Waals surface area contributed by atoms with Crippen molar-refractivity contribution in [3.8, 4) is 0 Å². The summed E-state index contributed by atoms with van der Waals surface area (Å²) in [5.41, 5.74) is 1.37. The minimum Gasteiger partial charge on any atom is -0.368 e. The van der Waals surface area contributed by atoms with Crippen molar-refractivity contribution in [2.24, 2.45) is 0 Å². The largest absolute Gasteiger partial charge is 0.368 e. The van der Waals surface area contributed by atoms with Gasteiger partial charge in [0.15, 0.2) is 0 Å². The molecule has 0 aliphatic carbocycles. The maximum Gasteiger partial charge on any atom is 0.354 e. The molecule has 0 spiro atoms. The van der Waals surface area contributed by atoms with E-state index >= 15 is 0 Å². The SMILES string of the molecule is CC1CN(c2ccc3ncnc(=O)n3c2)CCN1. The lowest BCUT2D eigenvalue weighted by Crippen LogP contribution is -2.49. The standard InChI is InChI=1S/C12H15N5O/c1-9-6-16(5-4-13-9)10-2-3-11-14-8-15-12(18)17(11)7-10/h2-3,7-9,13H,4-6H2,1H3. The molecule has 0 amide bonds. The lowest BCUT2D eigenvalue weighted by Gasteiger charge is -2.33. The molecule has 3 rings (SSSR count). The van der Waals surface area contributed by atoms with E-state index in [0.717, 1.165) is 25.3 Å². The van der Waals surface area contributed by atoms with Crippen molar-refractivity contribution in [3.05, 3.63) is 35.1 Å². The molecular formula is C12H15N5O. The van der Waals surface area contributed by atoms with Crippen LogP contribution in [-0.4, -0.2) is 40.0 Å². The van der Waals surface area contributed by atoms with Crippen LogP contribution in [0, 0.1) is 0 Å². The molecule has 3 heterocycles. The van der Waals surface area contributed by atoms with Gasteiger partial charge in [-0.1, -0.05) is 0 Å². The molecule has 0 aromatic carbocycles. The Balaban J connectivity index is 2.02. The average Bonchev–Trinajstić information content (AvgIpc) is 2.39. The van der Waals surface area contributed by atoms with Crippen molar-refractivity contribution in [1.82, 2.24) is 19.7 Å². The van der Waals surface area contributed by atoms with Crippen LogP contribution in [0.1, 0.15) is 6.92 Å². The lowest BCUT2D eigenvalue weighted by atomic mass is 10.2. The molecular weight excluding hydrogens is 230 g/mol. The van der Waals surface area contributed by atoms with Gasteiger partial charge in [0.1, 0.15) is 12.0 Å². The van der Waals surface area contributed by atoms with Gasteiger partial charge in [-0.2, -0.15) is 4.98 Å². The molecule has 2 aromatic rings.